The maximum Gasteiger partial charge on any atom is 0.384 e. The van der Waals surface area contributed by atoms with E-state index in [2.05, 4.69) is 20.3 Å². The fourth-order valence-electron chi connectivity index (χ4n) is 2.33. The zero-order valence-electron chi connectivity index (χ0n) is 27.6. The first-order chi connectivity index (χ1) is 22.1. The number of nitrogens with one attached hydrogen (secondary N) is 2. The molecule has 0 aliphatic rings. The van der Waals surface area contributed by atoms with Crippen molar-refractivity contribution in [2.24, 2.45) is 0 Å². The lowest BCUT2D eigenvalue weighted by atomic mass is 10.2. The summed E-state index contributed by atoms with van der Waals surface area (Å²) in [5.41, 5.74) is 7.21. The van der Waals surface area contributed by atoms with Gasteiger partial charge in [-0.25, -0.2) is 17.9 Å². The lowest BCUT2D eigenvalue weighted by molar-refractivity contribution is -0.134. The first-order valence-corrected chi connectivity index (χ1v) is 14.3. The number of anilines is 3. The molecule has 11 heteroatoms. The molecule has 3 rings (SSSR count). The number of carbonyl (C=O) groups is 3. The lowest BCUT2D eigenvalue weighted by Gasteiger charge is -2.03. The highest BCUT2D eigenvalue weighted by molar-refractivity contribution is 6.06. The van der Waals surface area contributed by atoms with E-state index in [1.807, 2.05) is 96.1 Å². The van der Waals surface area contributed by atoms with Crippen LogP contribution in [-0.2, 0) is 14.4 Å². The zero-order chi connectivity index (χ0) is 36.2. The van der Waals surface area contributed by atoms with E-state index in [0.29, 0.717) is 5.69 Å². The van der Waals surface area contributed by atoms with E-state index in [4.69, 9.17) is 34.4 Å². The minimum absolute atomic E-state index is 0.116. The number of hydrogen-bond donors (Lipinski definition) is 5. The number of allylic oxidation sites excluding steroid dienone is 1. The first-order valence-electron chi connectivity index (χ1n) is 14.3. The average molecular weight is 631 g/mol. The van der Waals surface area contributed by atoms with Crippen LogP contribution in [0.1, 0.15) is 48.5 Å². The van der Waals surface area contributed by atoms with E-state index in [1.54, 1.807) is 42.5 Å². The Hall–Kier alpha value is -6.12. The molecule has 0 radical (unpaired) electrons. The third-order valence-electron chi connectivity index (χ3n) is 4.03. The molecular formula is C35H46N6O5. The van der Waals surface area contributed by atoms with Gasteiger partial charge in [-0.05, 0) is 43.3 Å². The van der Waals surface area contributed by atoms with Crippen molar-refractivity contribution in [2.45, 2.75) is 48.5 Å². The molecule has 0 bridgehead atoms. The average Bonchev–Trinajstić information content (AvgIpc) is 3.06. The van der Waals surface area contributed by atoms with Crippen molar-refractivity contribution in [3.63, 3.8) is 0 Å². The van der Waals surface area contributed by atoms with Crippen LogP contribution in [0.25, 0.3) is 9.69 Å². The standard InChI is InChI=1S/C11H10N2O2.C9H8N2O.C6H7N.C3H3NO2.3C2H6/c1-8(14)10(7-12)11(15)13-9-5-3-2-4-6-9;1-10-7-9(12)11-8-5-3-2-4-6-8;7-6-4-2-1-3-5-6;1-4-2-3(5)6;3*1-2/h2-6,14H,1H3,(H,13,15);2-6H,7H2,(H,11,12);1-5H,7H2;2H2,(H,5,6);3*1-2H3/b10-8-;;;;;;. The molecule has 0 heterocycles. The van der Waals surface area contributed by atoms with Crippen LogP contribution in [0.4, 0.5) is 17.1 Å². The number of amides is 2. The SMILES string of the molecule is C/C(O)=C(\C#N)C(=O)Nc1ccccc1.CC.CC.CC.Nc1ccccc1.[C-]#[N+]CC(=O)Nc1ccccc1.[C-]#[N+]CC(=O)O. The number of benzene rings is 3. The molecule has 0 aromatic heterocycles. The Labute approximate surface area is 273 Å². The van der Waals surface area contributed by atoms with Crippen LogP contribution in [0.3, 0.4) is 0 Å². The number of nitrogens with two attached hydrogens (primary N) is 1. The van der Waals surface area contributed by atoms with Crippen LogP contribution in [0.15, 0.2) is 102 Å². The summed E-state index contributed by atoms with van der Waals surface area (Å²) in [5, 5.41) is 30.5. The van der Waals surface area contributed by atoms with Crippen LogP contribution in [-0.4, -0.2) is 41.1 Å². The maximum absolute atomic E-state index is 11.4. The maximum atomic E-state index is 11.4. The predicted molar refractivity (Wildman–Crippen MR) is 187 cm³/mol. The minimum atomic E-state index is -1.06. The van der Waals surface area contributed by atoms with E-state index < -0.39 is 18.4 Å². The molecule has 11 nitrogen and oxygen atoms in total. The van der Waals surface area contributed by atoms with Gasteiger partial charge in [-0.3, -0.25) is 9.59 Å². The van der Waals surface area contributed by atoms with E-state index in [9.17, 15) is 14.4 Å². The summed E-state index contributed by atoms with van der Waals surface area (Å²) < 4.78 is 0. The molecule has 0 unspecified atom stereocenters. The second-order valence-electron chi connectivity index (χ2n) is 7.24. The smallest absolute Gasteiger partial charge is 0.384 e. The van der Waals surface area contributed by atoms with Crippen molar-refractivity contribution in [3.8, 4) is 6.07 Å². The zero-order valence-corrected chi connectivity index (χ0v) is 27.6. The van der Waals surface area contributed by atoms with E-state index >= 15 is 0 Å². The summed E-state index contributed by atoms with van der Waals surface area (Å²) in [5.74, 6) is -2.23. The Kier molecular flexibility index (Phi) is 35.7. The number of hydrogen-bond acceptors (Lipinski definition) is 6. The Morgan fingerprint density at radius 2 is 1.09 bits per heavy atom. The summed E-state index contributed by atoms with van der Waals surface area (Å²) >= 11 is 0. The number of carboxylic acids is 1. The highest BCUT2D eigenvalue weighted by atomic mass is 16.4. The molecule has 46 heavy (non-hydrogen) atoms. The predicted octanol–water partition coefficient (Wildman–Crippen LogP) is 7.86. The van der Waals surface area contributed by atoms with Gasteiger partial charge in [-0.2, -0.15) is 5.26 Å². The van der Waals surface area contributed by atoms with Crippen LogP contribution >= 0.6 is 0 Å². The van der Waals surface area contributed by atoms with E-state index in [-0.39, 0.29) is 23.8 Å². The molecule has 3 aromatic rings. The Morgan fingerprint density at radius 3 is 1.35 bits per heavy atom. The molecule has 246 valence electrons. The Balaban J connectivity index is -0.000000254. The Bertz CT molecular complexity index is 1360. The number of aliphatic hydroxyl groups excluding tert-OH is 1. The molecule has 0 atom stereocenters. The van der Waals surface area contributed by atoms with Gasteiger partial charge in [0.1, 0.15) is 11.8 Å². The third-order valence-corrected chi connectivity index (χ3v) is 4.03. The summed E-state index contributed by atoms with van der Waals surface area (Å²) in [6, 6.07) is 28.9. The molecule has 6 N–H and O–H groups in total. The van der Waals surface area contributed by atoms with E-state index in [1.165, 1.54) is 6.92 Å². The number of carboxylic acid groups (broad SMARTS) is 1. The van der Waals surface area contributed by atoms with Gasteiger partial charge in [0.05, 0.1) is 0 Å². The van der Waals surface area contributed by atoms with Crippen molar-refractivity contribution in [3.05, 3.63) is 125 Å². The van der Waals surface area contributed by atoms with Crippen molar-refractivity contribution >= 4 is 34.8 Å². The van der Waals surface area contributed by atoms with Gasteiger partial charge in [0.25, 0.3) is 12.5 Å². The van der Waals surface area contributed by atoms with Gasteiger partial charge >= 0.3 is 18.4 Å². The van der Waals surface area contributed by atoms with Crippen LogP contribution in [0.2, 0.25) is 0 Å². The summed E-state index contributed by atoms with van der Waals surface area (Å²) in [7, 11) is 0. The van der Waals surface area contributed by atoms with Crippen molar-refractivity contribution in [2.75, 3.05) is 29.5 Å². The molecule has 0 fully saturated rings. The van der Waals surface area contributed by atoms with Crippen molar-refractivity contribution in [1.29, 1.82) is 5.26 Å². The number of rotatable bonds is 5. The Morgan fingerprint density at radius 1 is 0.717 bits per heavy atom. The number of carbonyl (C=O) groups excluding carboxylic acids is 2. The molecule has 0 saturated carbocycles. The largest absolute Gasteiger partial charge is 0.511 e. The number of nitrogen functional groups attached to an aromatic ring is 1. The van der Waals surface area contributed by atoms with Gasteiger partial charge in [0.2, 0.25) is 0 Å². The van der Waals surface area contributed by atoms with Crippen LogP contribution < -0.4 is 16.4 Å². The quantitative estimate of drug-likeness (QED) is 0.0627. The number of nitrogens with zero attached hydrogens (tertiary/aromatic N) is 3. The van der Waals surface area contributed by atoms with Crippen LogP contribution in [0.5, 0.6) is 0 Å². The van der Waals surface area contributed by atoms with Crippen LogP contribution in [0, 0.1) is 24.5 Å². The second kappa shape index (κ2) is 35.1. The van der Waals surface area contributed by atoms with Gasteiger partial charge in [-0.15, -0.1) is 0 Å². The van der Waals surface area contributed by atoms with Gasteiger partial charge in [-0.1, -0.05) is 96.1 Å². The monoisotopic (exact) mass is 630 g/mol. The second-order valence-corrected chi connectivity index (χ2v) is 7.24. The highest BCUT2D eigenvalue weighted by Gasteiger charge is 2.12. The summed E-state index contributed by atoms with van der Waals surface area (Å²) in [6.07, 6.45) is 0. The molecular weight excluding hydrogens is 584 g/mol. The summed E-state index contributed by atoms with van der Waals surface area (Å²) in [6.45, 7) is 25.2. The first kappa shape index (κ1) is 46.8. The van der Waals surface area contributed by atoms with Gasteiger partial charge in [0.15, 0.2) is 5.57 Å². The molecule has 0 saturated heterocycles. The topological polar surface area (TPSA) is 174 Å². The number of aliphatic hydroxyl groups is 1. The van der Waals surface area contributed by atoms with Crippen molar-refractivity contribution < 1.29 is 24.6 Å². The van der Waals surface area contributed by atoms with Gasteiger partial charge in [0, 0.05) is 17.1 Å². The third kappa shape index (κ3) is 29.4. The van der Waals surface area contributed by atoms with Crippen molar-refractivity contribution in [1.82, 2.24) is 0 Å². The highest BCUT2D eigenvalue weighted by Crippen LogP contribution is 2.08. The molecule has 0 aliphatic carbocycles. The van der Waals surface area contributed by atoms with E-state index in [0.717, 1.165) is 11.4 Å². The molecule has 3 aromatic carbocycles. The fourth-order valence-corrected chi connectivity index (χ4v) is 2.33. The number of para-hydroxylation sites is 3. The molecule has 0 aliphatic heterocycles. The fraction of sp³-hybridized carbons (Fsp3) is 0.257. The summed E-state index contributed by atoms with van der Waals surface area (Å²) in [4.78, 5) is 37.3. The molecule has 0 spiro atoms. The number of nitriles is 1. The lowest BCUT2D eigenvalue weighted by Crippen LogP contribution is -2.14. The minimum Gasteiger partial charge on any atom is -0.511 e. The number of aliphatic carboxylic acids is 1. The molecule has 2 amide bonds. The van der Waals surface area contributed by atoms with Gasteiger partial charge < -0.3 is 36.3 Å². The normalized spacial score (nSPS) is 8.43.